The Hall–Kier alpha value is -2.35. The molecule has 1 aromatic heterocycles. The summed E-state index contributed by atoms with van der Waals surface area (Å²) in [6, 6.07) is 18.5. The van der Waals surface area contributed by atoms with Crippen LogP contribution in [0.3, 0.4) is 0 Å². The predicted octanol–water partition coefficient (Wildman–Crippen LogP) is 4.57. The summed E-state index contributed by atoms with van der Waals surface area (Å²) in [4.78, 5) is 9.13. The maximum absolute atomic E-state index is 5.57. The summed E-state index contributed by atoms with van der Waals surface area (Å²) in [5.41, 5.74) is 4.37. The van der Waals surface area contributed by atoms with E-state index in [2.05, 4.69) is 58.7 Å². The maximum atomic E-state index is 5.57. The second-order valence-electron chi connectivity index (χ2n) is 6.37. The molecule has 3 aromatic rings. The molecule has 2 aromatic carbocycles. The van der Waals surface area contributed by atoms with E-state index in [1.807, 2.05) is 30.3 Å². The van der Waals surface area contributed by atoms with Crippen LogP contribution in [-0.2, 0) is 13.0 Å². The summed E-state index contributed by atoms with van der Waals surface area (Å²) in [7, 11) is 0. The molecule has 0 saturated carbocycles. The van der Waals surface area contributed by atoms with Crippen LogP contribution in [0.15, 0.2) is 70.3 Å². The number of hydrogen-bond donors (Lipinski definition) is 2. The molecule has 0 saturated heterocycles. The van der Waals surface area contributed by atoms with Gasteiger partial charge in [-0.2, -0.15) is 0 Å². The molecule has 0 unspecified atom stereocenters. The number of rotatable bonds is 7. The monoisotopic (exact) mass is 490 g/mol. The molecule has 28 heavy (non-hydrogen) atoms. The van der Waals surface area contributed by atoms with Crippen LogP contribution in [-0.4, -0.2) is 24.0 Å². The van der Waals surface area contributed by atoms with Gasteiger partial charge in [0.25, 0.3) is 0 Å². The zero-order chi connectivity index (χ0) is 18.9. The third kappa shape index (κ3) is 6.67. The molecule has 0 fully saturated rings. The fourth-order valence-electron chi connectivity index (χ4n) is 2.67. The van der Waals surface area contributed by atoms with Gasteiger partial charge in [0, 0.05) is 18.7 Å². The highest BCUT2D eigenvalue weighted by atomic mass is 127. The van der Waals surface area contributed by atoms with Crippen LogP contribution in [0.1, 0.15) is 23.7 Å². The van der Waals surface area contributed by atoms with E-state index in [0.717, 1.165) is 36.7 Å². The minimum Gasteiger partial charge on any atom is -0.444 e. The lowest BCUT2D eigenvalue weighted by Gasteiger charge is -2.11. The lowest BCUT2D eigenvalue weighted by molar-refractivity contribution is 0.572. The summed E-state index contributed by atoms with van der Waals surface area (Å²) in [5.74, 6) is 1.41. The SMILES string of the molecule is CCNC(=NCc1coc(-c2ccccc2)n1)NCCc1ccc(C)cc1.I. The van der Waals surface area contributed by atoms with Crippen LogP contribution in [0.5, 0.6) is 0 Å². The van der Waals surface area contributed by atoms with E-state index < -0.39 is 0 Å². The summed E-state index contributed by atoms with van der Waals surface area (Å²) >= 11 is 0. The van der Waals surface area contributed by atoms with Crippen molar-refractivity contribution >= 4 is 29.9 Å². The topological polar surface area (TPSA) is 62.5 Å². The number of oxazole rings is 1. The zero-order valence-electron chi connectivity index (χ0n) is 16.3. The van der Waals surface area contributed by atoms with Crippen LogP contribution >= 0.6 is 24.0 Å². The first-order chi connectivity index (χ1) is 13.2. The second kappa shape index (κ2) is 11.5. The minimum atomic E-state index is 0. The van der Waals surface area contributed by atoms with Gasteiger partial charge in [-0.15, -0.1) is 24.0 Å². The molecule has 0 aliphatic heterocycles. The van der Waals surface area contributed by atoms with Crippen molar-refractivity contribution in [1.82, 2.24) is 15.6 Å². The van der Waals surface area contributed by atoms with Crippen LogP contribution in [0.4, 0.5) is 0 Å². The zero-order valence-corrected chi connectivity index (χ0v) is 18.6. The summed E-state index contributed by atoms with van der Waals surface area (Å²) in [6.07, 6.45) is 2.62. The van der Waals surface area contributed by atoms with Gasteiger partial charge in [0.05, 0.1) is 6.54 Å². The Balaban J connectivity index is 0.00000280. The first kappa shape index (κ1) is 21.9. The Kier molecular flexibility index (Phi) is 9.00. The molecule has 0 bridgehead atoms. The molecule has 0 radical (unpaired) electrons. The molecular weight excluding hydrogens is 463 g/mol. The van der Waals surface area contributed by atoms with Gasteiger partial charge in [0.15, 0.2) is 5.96 Å². The Labute approximate surface area is 183 Å². The molecule has 6 heteroatoms. The number of nitrogens with zero attached hydrogens (tertiary/aromatic N) is 2. The Morgan fingerprint density at radius 1 is 1.04 bits per heavy atom. The second-order valence-corrected chi connectivity index (χ2v) is 6.37. The van der Waals surface area contributed by atoms with Gasteiger partial charge in [-0.05, 0) is 38.0 Å². The van der Waals surface area contributed by atoms with E-state index in [-0.39, 0.29) is 24.0 Å². The van der Waals surface area contributed by atoms with Gasteiger partial charge in [0.2, 0.25) is 5.89 Å². The van der Waals surface area contributed by atoms with Gasteiger partial charge in [-0.25, -0.2) is 9.98 Å². The van der Waals surface area contributed by atoms with Gasteiger partial charge in [0.1, 0.15) is 12.0 Å². The van der Waals surface area contributed by atoms with Gasteiger partial charge >= 0.3 is 0 Å². The van der Waals surface area contributed by atoms with E-state index in [1.165, 1.54) is 11.1 Å². The molecule has 0 atom stereocenters. The van der Waals surface area contributed by atoms with E-state index in [0.29, 0.717) is 12.4 Å². The smallest absolute Gasteiger partial charge is 0.226 e. The highest BCUT2D eigenvalue weighted by Crippen LogP contribution is 2.18. The fourth-order valence-corrected chi connectivity index (χ4v) is 2.67. The van der Waals surface area contributed by atoms with Gasteiger partial charge in [-0.1, -0.05) is 48.0 Å². The number of halogens is 1. The van der Waals surface area contributed by atoms with E-state index >= 15 is 0 Å². The number of guanidine groups is 1. The summed E-state index contributed by atoms with van der Waals surface area (Å²) in [5, 5.41) is 6.64. The lowest BCUT2D eigenvalue weighted by atomic mass is 10.1. The molecule has 0 aliphatic carbocycles. The lowest BCUT2D eigenvalue weighted by Crippen LogP contribution is -2.38. The summed E-state index contributed by atoms with van der Waals surface area (Å²) in [6.45, 7) is 6.26. The van der Waals surface area contributed by atoms with Crippen LogP contribution in [0.25, 0.3) is 11.5 Å². The fraction of sp³-hybridized carbons (Fsp3) is 0.273. The van der Waals surface area contributed by atoms with Gasteiger partial charge in [-0.3, -0.25) is 0 Å². The number of nitrogens with one attached hydrogen (secondary N) is 2. The number of aliphatic imine (C=N–C) groups is 1. The van der Waals surface area contributed by atoms with Crippen molar-refractivity contribution in [2.45, 2.75) is 26.8 Å². The molecule has 5 nitrogen and oxygen atoms in total. The molecular formula is C22H27IN4O. The highest BCUT2D eigenvalue weighted by molar-refractivity contribution is 14.0. The van der Waals surface area contributed by atoms with Crippen molar-refractivity contribution < 1.29 is 4.42 Å². The molecule has 1 heterocycles. The average Bonchev–Trinajstić information content (AvgIpc) is 3.17. The third-order valence-corrected chi connectivity index (χ3v) is 4.14. The van der Waals surface area contributed by atoms with Crippen LogP contribution < -0.4 is 10.6 Å². The number of benzene rings is 2. The number of aromatic nitrogens is 1. The Morgan fingerprint density at radius 3 is 2.50 bits per heavy atom. The van der Waals surface area contributed by atoms with Crippen molar-refractivity contribution in [2.75, 3.05) is 13.1 Å². The molecule has 3 rings (SSSR count). The number of hydrogen-bond acceptors (Lipinski definition) is 3. The molecule has 0 aliphatic rings. The largest absolute Gasteiger partial charge is 0.444 e. The van der Waals surface area contributed by atoms with E-state index in [1.54, 1.807) is 6.26 Å². The standard InChI is InChI=1S/C22H26N4O.HI/c1-3-23-22(24-14-13-18-11-9-17(2)10-12-18)25-15-20-16-27-21(26-20)19-7-5-4-6-8-19;/h4-12,16H,3,13-15H2,1-2H3,(H2,23,24,25);1H. The van der Waals surface area contributed by atoms with Crippen molar-refractivity contribution in [3.63, 3.8) is 0 Å². The normalized spacial score (nSPS) is 11.0. The van der Waals surface area contributed by atoms with Crippen molar-refractivity contribution in [1.29, 1.82) is 0 Å². The first-order valence-electron chi connectivity index (χ1n) is 9.32. The minimum absolute atomic E-state index is 0. The highest BCUT2D eigenvalue weighted by Gasteiger charge is 2.06. The van der Waals surface area contributed by atoms with Crippen LogP contribution in [0.2, 0.25) is 0 Å². The van der Waals surface area contributed by atoms with Crippen molar-refractivity contribution in [3.05, 3.63) is 77.7 Å². The van der Waals surface area contributed by atoms with Crippen LogP contribution in [0, 0.1) is 6.92 Å². The first-order valence-corrected chi connectivity index (χ1v) is 9.32. The Bertz CT molecular complexity index is 860. The summed E-state index contributed by atoms with van der Waals surface area (Å²) < 4.78 is 5.57. The van der Waals surface area contributed by atoms with E-state index in [9.17, 15) is 0 Å². The quantitative estimate of drug-likeness (QED) is 0.290. The molecule has 0 spiro atoms. The van der Waals surface area contributed by atoms with Crippen molar-refractivity contribution in [3.8, 4) is 11.5 Å². The Morgan fingerprint density at radius 2 is 1.79 bits per heavy atom. The van der Waals surface area contributed by atoms with Gasteiger partial charge < -0.3 is 15.1 Å². The third-order valence-electron chi connectivity index (χ3n) is 4.14. The van der Waals surface area contributed by atoms with E-state index in [4.69, 9.17) is 4.42 Å². The average molecular weight is 490 g/mol. The molecule has 2 N–H and O–H groups in total. The molecule has 148 valence electrons. The maximum Gasteiger partial charge on any atom is 0.226 e. The molecule has 0 amide bonds. The van der Waals surface area contributed by atoms with Crippen molar-refractivity contribution in [2.24, 2.45) is 4.99 Å². The predicted molar refractivity (Wildman–Crippen MR) is 125 cm³/mol. The number of aryl methyl sites for hydroxylation is 1.